The minimum atomic E-state index is -0.817. The number of nitrogens with two attached hydrogens (primary N) is 3. The number of hydrogen-bond acceptors (Lipinski definition) is 10. The van der Waals surface area contributed by atoms with Crippen LogP contribution in [0.25, 0.3) is 0 Å². The largest absolute Gasteiger partial charge is 0.462 e. The fourth-order valence-electron chi connectivity index (χ4n) is 2.82. The molecular weight excluding hydrogens is 394 g/mol. The molecule has 6 N–H and O–H groups in total. The lowest BCUT2D eigenvalue weighted by Crippen LogP contribution is -2.42. The molecule has 1 aromatic rings. The van der Waals surface area contributed by atoms with Gasteiger partial charge < -0.3 is 31.4 Å². The van der Waals surface area contributed by atoms with Crippen molar-refractivity contribution >= 4 is 17.8 Å². The molecule has 1 saturated heterocycles. The fourth-order valence-corrected chi connectivity index (χ4v) is 2.82. The van der Waals surface area contributed by atoms with Gasteiger partial charge in [0.25, 0.3) is 0 Å². The smallest absolute Gasteiger partial charge is 0.351 e. The highest BCUT2D eigenvalue weighted by molar-refractivity contribution is 5.76. The van der Waals surface area contributed by atoms with E-state index in [1.54, 1.807) is 27.7 Å². The van der Waals surface area contributed by atoms with E-state index in [1.807, 2.05) is 0 Å². The highest BCUT2D eigenvalue weighted by Crippen LogP contribution is 2.31. The molecule has 0 aliphatic carbocycles. The average molecular weight is 425 g/mol. The van der Waals surface area contributed by atoms with Gasteiger partial charge in [0.05, 0.1) is 0 Å². The van der Waals surface area contributed by atoms with Crippen molar-refractivity contribution in [3.8, 4) is 0 Å². The van der Waals surface area contributed by atoms with Gasteiger partial charge in [-0.25, -0.2) is 4.79 Å². The molecule has 11 nitrogen and oxygen atoms in total. The van der Waals surface area contributed by atoms with Gasteiger partial charge in [-0.05, 0) is 17.9 Å². The van der Waals surface area contributed by atoms with E-state index in [-0.39, 0.29) is 30.7 Å². The van der Waals surface area contributed by atoms with Crippen molar-refractivity contribution in [3.63, 3.8) is 0 Å². The first-order valence-electron chi connectivity index (χ1n) is 9.89. The maximum atomic E-state index is 12.3. The zero-order valence-corrected chi connectivity index (χ0v) is 17.7. The number of carbonyl (C=O) groups is 2. The summed E-state index contributed by atoms with van der Waals surface area (Å²) in [6.07, 6.45) is -0.760. The molecule has 0 aromatic carbocycles. The summed E-state index contributed by atoms with van der Waals surface area (Å²) in [6, 6.07) is -0.154. The number of aromatic nitrogens is 2. The highest BCUT2D eigenvalue weighted by atomic mass is 16.6. The number of nitrogen functional groups attached to an aromatic ring is 1. The molecule has 2 rings (SSSR count). The number of esters is 2. The van der Waals surface area contributed by atoms with E-state index in [0.717, 1.165) is 0 Å². The molecule has 0 spiro atoms. The Morgan fingerprint density at radius 1 is 1.20 bits per heavy atom. The summed E-state index contributed by atoms with van der Waals surface area (Å²) in [5.41, 5.74) is 16.6. The Bertz CT molecular complexity index is 811. The molecule has 1 fully saturated rings. The second kappa shape index (κ2) is 10.0. The van der Waals surface area contributed by atoms with Gasteiger partial charge in [-0.2, -0.15) is 4.98 Å². The maximum Gasteiger partial charge on any atom is 0.351 e. The lowest BCUT2D eigenvalue weighted by Gasteiger charge is -2.22. The first-order chi connectivity index (χ1) is 14.0. The predicted molar refractivity (Wildman–Crippen MR) is 108 cm³/mol. The third-order valence-corrected chi connectivity index (χ3v) is 4.98. The van der Waals surface area contributed by atoms with Crippen molar-refractivity contribution in [2.24, 2.45) is 23.3 Å². The molecule has 0 amide bonds. The summed E-state index contributed by atoms with van der Waals surface area (Å²) in [5, 5.41) is 0. The van der Waals surface area contributed by atoms with E-state index in [9.17, 15) is 14.4 Å². The SMILES string of the molecule is CC(C)[C@H](N)C(=O)OC[C@@H]1O[C@H](n2ccc(N)nc2=O)CC1OC(=O)[C@@H](N)C(C)C. The maximum absolute atomic E-state index is 12.3. The van der Waals surface area contributed by atoms with Gasteiger partial charge in [-0.3, -0.25) is 14.2 Å². The summed E-state index contributed by atoms with van der Waals surface area (Å²) in [5.74, 6) is -1.34. The summed E-state index contributed by atoms with van der Waals surface area (Å²) in [7, 11) is 0. The Morgan fingerprint density at radius 2 is 1.80 bits per heavy atom. The summed E-state index contributed by atoms with van der Waals surface area (Å²) < 4.78 is 17.9. The van der Waals surface area contributed by atoms with Crippen molar-refractivity contribution in [1.29, 1.82) is 0 Å². The molecule has 0 saturated carbocycles. The van der Waals surface area contributed by atoms with Crippen LogP contribution in [-0.2, 0) is 23.8 Å². The molecule has 168 valence electrons. The van der Waals surface area contributed by atoms with E-state index < -0.39 is 48.1 Å². The molecule has 1 aromatic heterocycles. The van der Waals surface area contributed by atoms with Crippen LogP contribution in [-0.4, -0.2) is 52.4 Å². The van der Waals surface area contributed by atoms with E-state index in [2.05, 4.69) is 4.98 Å². The molecule has 11 heteroatoms. The van der Waals surface area contributed by atoms with Gasteiger partial charge >= 0.3 is 17.6 Å². The summed E-state index contributed by atoms with van der Waals surface area (Å²) >= 11 is 0. The number of rotatable bonds is 8. The van der Waals surface area contributed by atoms with Crippen LogP contribution in [0.3, 0.4) is 0 Å². The van der Waals surface area contributed by atoms with Gasteiger partial charge in [0.1, 0.15) is 42.9 Å². The van der Waals surface area contributed by atoms with Crippen molar-refractivity contribution in [2.75, 3.05) is 12.3 Å². The van der Waals surface area contributed by atoms with Crippen molar-refractivity contribution < 1.29 is 23.8 Å². The monoisotopic (exact) mass is 425 g/mol. The Morgan fingerprint density at radius 3 is 2.37 bits per heavy atom. The van der Waals surface area contributed by atoms with Crippen molar-refractivity contribution in [1.82, 2.24) is 9.55 Å². The summed E-state index contributed by atoms with van der Waals surface area (Å²) in [4.78, 5) is 40.3. The van der Waals surface area contributed by atoms with Crippen molar-refractivity contribution in [3.05, 3.63) is 22.7 Å². The molecule has 1 aliphatic rings. The predicted octanol–water partition coefficient (Wildman–Crippen LogP) is -0.465. The van der Waals surface area contributed by atoms with Crippen molar-refractivity contribution in [2.45, 2.75) is 64.6 Å². The van der Waals surface area contributed by atoms with Crippen LogP contribution in [0.2, 0.25) is 0 Å². The minimum Gasteiger partial charge on any atom is -0.462 e. The zero-order valence-electron chi connectivity index (χ0n) is 17.7. The molecule has 5 atom stereocenters. The van der Waals surface area contributed by atoms with Crippen LogP contribution in [0.5, 0.6) is 0 Å². The molecule has 2 heterocycles. The van der Waals surface area contributed by atoms with Gasteiger partial charge in [0.15, 0.2) is 0 Å². The quantitative estimate of drug-likeness (QED) is 0.462. The minimum absolute atomic E-state index is 0.0771. The number of hydrogen-bond donors (Lipinski definition) is 3. The Kier molecular flexibility index (Phi) is 7.93. The van der Waals surface area contributed by atoms with E-state index >= 15 is 0 Å². The normalized spacial score (nSPS) is 23.4. The van der Waals surface area contributed by atoms with Gasteiger partial charge in [-0.15, -0.1) is 0 Å². The lowest BCUT2D eigenvalue weighted by molar-refractivity contribution is -0.161. The molecule has 30 heavy (non-hydrogen) atoms. The first kappa shape index (κ1) is 23.8. The number of anilines is 1. The number of nitrogens with zero attached hydrogens (tertiary/aromatic N) is 2. The van der Waals surface area contributed by atoms with Gasteiger partial charge in [-0.1, -0.05) is 27.7 Å². The third kappa shape index (κ3) is 5.77. The van der Waals surface area contributed by atoms with Crippen LogP contribution in [0.15, 0.2) is 17.1 Å². The van der Waals surface area contributed by atoms with E-state index in [1.165, 1.54) is 16.8 Å². The van der Waals surface area contributed by atoms with Gasteiger partial charge in [0.2, 0.25) is 0 Å². The Labute approximate surface area is 174 Å². The molecule has 1 unspecified atom stereocenters. The standard InChI is InChI=1S/C19H31N5O6/c1-9(2)15(21)17(25)28-8-12-11(30-18(26)16(22)10(3)4)7-14(29-12)24-6-5-13(20)23-19(24)27/h5-6,9-12,14-16H,7-8,21-22H2,1-4H3,(H2,20,23,27)/t11?,12-,14-,15-,16-/m0/s1. The molecule has 0 radical (unpaired) electrons. The molecule has 0 bridgehead atoms. The van der Waals surface area contributed by atoms with Crippen LogP contribution in [0.4, 0.5) is 5.82 Å². The first-order valence-corrected chi connectivity index (χ1v) is 9.89. The zero-order chi connectivity index (χ0) is 22.6. The highest BCUT2D eigenvalue weighted by Gasteiger charge is 2.41. The second-order valence-electron chi connectivity index (χ2n) is 8.05. The average Bonchev–Trinajstić information content (AvgIpc) is 3.06. The summed E-state index contributed by atoms with van der Waals surface area (Å²) in [6.45, 7) is 7.00. The molecule has 1 aliphatic heterocycles. The van der Waals surface area contributed by atoms with Crippen LogP contribution in [0, 0.1) is 11.8 Å². The topological polar surface area (TPSA) is 175 Å². The van der Waals surface area contributed by atoms with Gasteiger partial charge in [0, 0.05) is 12.6 Å². The number of carbonyl (C=O) groups excluding carboxylic acids is 2. The fraction of sp³-hybridized carbons (Fsp3) is 0.684. The third-order valence-electron chi connectivity index (χ3n) is 4.98. The number of ether oxygens (including phenoxy) is 3. The Hall–Kier alpha value is -2.50. The van der Waals surface area contributed by atoms with E-state index in [0.29, 0.717) is 0 Å². The molecular formula is C19H31N5O6. The lowest BCUT2D eigenvalue weighted by atomic mass is 10.1. The van der Waals surface area contributed by atoms with E-state index in [4.69, 9.17) is 31.4 Å². The van der Waals surface area contributed by atoms with Crippen LogP contribution in [0.1, 0.15) is 40.3 Å². The van der Waals surface area contributed by atoms with Crippen LogP contribution >= 0.6 is 0 Å². The Balaban J connectivity index is 2.16. The van der Waals surface area contributed by atoms with Crippen LogP contribution < -0.4 is 22.9 Å². The second-order valence-corrected chi connectivity index (χ2v) is 8.05.